The molecule has 2 aliphatic rings. The van der Waals surface area contributed by atoms with Gasteiger partial charge in [0.15, 0.2) is 26.7 Å². The molecular formula is C30H41ClFN4O12PS. The molecular weight excluding hydrogens is 726 g/mol. The van der Waals surface area contributed by atoms with Crippen molar-refractivity contribution in [1.29, 1.82) is 5.26 Å². The Labute approximate surface area is 293 Å². The van der Waals surface area contributed by atoms with E-state index in [0.717, 1.165) is 0 Å². The van der Waals surface area contributed by atoms with E-state index in [1.54, 1.807) is 47.6 Å². The van der Waals surface area contributed by atoms with Gasteiger partial charge in [-0.1, -0.05) is 11.6 Å². The van der Waals surface area contributed by atoms with Gasteiger partial charge >= 0.3 is 19.5 Å². The third-order valence-corrected chi connectivity index (χ3v) is 12.8. The van der Waals surface area contributed by atoms with E-state index in [1.807, 2.05) is 6.07 Å². The Morgan fingerprint density at radius 3 is 2.18 bits per heavy atom. The number of sulfone groups is 1. The Kier molecular flexibility index (Phi) is 12.0. The zero-order chi connectivity index (χ0) is 37.4. The number of carbonyl (C=O) groups is 2. The first-order valence-corrected chi connectivity index (χ1v) is 19.4. The van der Waals surface area contributed by atoms with Gasteiger partial charge in [0.1, 0.15) is 41.8 Å². The minimum absolute atomic E-state index is 0.0198. The molecule has 0 unspecified atom stereocenters. The molecule has 0 spiro atoms. The van der Waals surface area contributed by atoms with Crippen LogP contribution in [0.15, 0.2) is 12.3 Å². The first-order chi connectivity index (χ1) is 23.0. The number of pyridine rings is 1. The number of aliphatic hydroxyl groups is 2. The van der Waals surface area contributed by atoms with Gasteiger partial charge in [0.25, 0.3) is 0 Å². The highest BCUT2D eigenvalue weighted by Crippen LogP contribution is 2.50. The molecule has 2 aromatic rings. The lowest BCUT2D eigenvalue weighted by molar-refractivity contribution is -0.161. The lowest BCUT2D eigenvalue weighted by Crippen LogP contribution is -2.36. The van der Waals surface area contributed by atoms with E-state index in [2.05, 4.69) is 10.3 Å². The number of hydrogen-bond donors (Lipinski definition) is 3. The number of nitrogens with one attached hydrogen (secondary N) is 1. The van der Waals surface area contributed by atoms with E-state index in [0.29, 0.717) is 11.1 Å². The maximum atomic E-state index is 13.6. The van der Waals surface area contributed by atoms with Crippen molar-refractivity contribution in [2.75, 3.05) is 30.1 Å². The SMILES string of the molecule is CC(C)(C)C(=O)OCOP(=O)(CS(=O)(=O)C[C@H]1O[C@@H](n2ccc3c(N[C@H]4C[C@@H](F)C4)c(C#N)c(Cl)nc32)[C@H](O)[C@@H]1O)OCOC(=O)C(C)(C)C. The van der Waals surface area contributed by atoms with Crippen molar-refractivity contribution in [1.82, 2.24) is 9.55 Å². The number of anilines is 1. The topological polar surface area (TPSA) is 226 Å². The molecule has 278 valence electrons. The summed E-state index contributed by atoms with van der Waals surface area (Å²) in [6.45, 7) is 7.40. The van der Waals surface area contributed by atoms with Gasteiger partial charge in [-0.15, -0.1) is 0 Å². The summed E-state index contributed by atoms with van der Waals surface area (Å²) in [5.74, 6) is -2.47. The first kappa shape index (κ1) is 39.9. The molecule has 4 rings (SSSR count). The Balaban J connectivity index is 1.52. The molecule has 16 nitrogen and oxygen atoms in total. The maximum absolute atomic E-state index is 13.6. The number of alkyl halides is 1. The summed E-state index contributed by atoms with van der Waals surface area (Å²) in [6, 6.07) is 3.26. The minimum Gasteiger partial charge on any atom is -0.438 e. The lowest BCUT2D eigenvalue weighted by Gasteiger charge is -2.31. The van der Waals surface area contributed by atoms with Gasteiger partial charge in [0.2, 0.25) is 13.6 Å². The Morgan fingerprint density at radius 1 is 1.12 bits per heavy atom. The second kappa shape index (κ2) is 15.0. The van der Waals surface area contributed by atoms with Crippen LogP contribution in [0.25, 0.3) is 11.0 Å². The standard InChI is InChI=1S/C30H41ClFN4O12PS/c1-29(2,3)27(39)44-13-46-49(41,47-14-45-28(40)30(4,5)6)15-50(42,43)12-20-22(37)23(38)26(48-20)36-8-7-18-21(34-17-9-16(32)10-17)19(11-33)24(31)35-25(18)36/h7-8,16-17,20,22-23,26,37-38H,9-10,12-15H2,1-6H3,(H,34,35)/t16-,17+,20-,22-,23-,26-/m1/s1. The Morgan fingerprint density at radius 2 is 1.68 bits per heavy atom. The molecule has 1 saturated heterocycles. The van der Waals surface area contributed by atoms with Crippen LogP contribution in [0.3, 0.4) is 0 Å². The highest BCUT2D eigenvalue weighted by atomic mass is 35.5. The summed E-state index contributed by atoms with van der Waals surface area (Å²) in [5.41, 5.74) is -2.80. The molecule has 0 radical (unpaired) electrons. The predicted molar refractivity (Wildman–Crippen MR) is 176 cm³/mol. The number of halogens is 2. The highest BCUT2D eigenvalue weighted by Gasteiger charge is 2.47. The molecule has 1 aliphatic heterocycles. The van der Waals surface area contributed by atoms with Crippen molar-refractivity contribution in [2.24, 2.45) is 10.8 Å². The number of hydrogen-bond acceptors (Lipinski definition) is 15. The van der Waals surface area contributed by atoms with Crippen LogP contribution in [0.2, 0.25) is 5.15 Å². The molecule has 0 bridgehead atoms. The second-order valence-electron chi connectivity index (χ2n) is 14.2. The fraction of sp³-hybridized carbons (Fsp3) is 0.667. The van der Waals surface area contributed by atoms with Gasteiger partial charge in [0.05, 0.1) is 22.3 Å². The van der Waals surface area contributed by atoms with Gasteiger partial charge < -0.3 is 34.3 Å². The van der Waals surface area contributed by atoms with Crippen molar-refractivity contribution in [3.63, 3.8) is 0 Å². The van der Waals surface area contributed by atoms with Crippen molar-refractivity contribution in [2.45, 2.75) is 91.1 Å². The van der Waals surface area contributed by atoms with Crippen LogP contribution >= 0.6 is 19.2 Å². The van der Waals surface area contributed by atoms with Crippen LogP contribution in [0.5, 0.6) is 0 Å². The fourth-order valence-electron chi connectivity index (χ4n) is 4.97. The van der Waals surface area contributed by atoms with E-state index < -0.39 is 95.7 Å². The van der Waals surface area contributed by atoms with Crippen LogP contribution in [0.4, 0.5) is 10.1 Å². The van der Waals surface area contributed by atoms with Crippen molar-refractivity contribution in [3.05, 3.63) is 23.0 Å². The summed E-state index contributed by atoms with van der Waals surface area (Å²) in [4.78, 5) is 28.6. The molecule has 2 aromatic heterocycles. The smallest absolute Gasteiger partial charge is 0.351 e. The largest absolute Gasteiger partial charge is 0.438 e. The van der Waals surface area contributed by atoms with Crippen LogP contribution in [0.1, 0.15) is 66.2 Å². The Bertz CT molecular complexity index is 1760. The van der Waals surface area contributed by atoms with Gasteiger partial charge in [-0.05, 0) is 60.5 Å². The molecule has 0 amide bonds. The van der Waals surface area contributed by atoms with Crippen molar-refractivity contribution in [3.8, 4) is 6.07 Å². The number of aromatic nitrogens is 2. The maximum Gasteiger partial charge on any atom is 0.351 e. The van der Waals surface area contributed by atoms with E-state index in [1.165, 1.54) is 10.8 Å². The number of ether oxygens (including phenoxy) is 3. The summed E-state index contributed by atoms with van der Waals surface area (Å²) in [7, 11) is -9.23. The quantitative estimate of drug-likeness (QED) is 0.114. The zero-order valence-corrected chi connectivity index (χ0v) is 30.8. The van der Waals surface area contributed by atoms with E-state index in [4.69, 9.17) is 34.9 Å². The molecule has 1 saturated carbocycles. The number of carbonyl (C=O) groups excluding carboxylic acids is 2. The van der Waals surface area contributed by atoms with Crippen LogP contribution in [-0.2, 0) is 47.2 Å². The number of fused-ring (bicyclic) bond motifs is 1. The van der Waals surface area contributed by atoms with Crippen LogP contribution in [0, 0.1) is 22.2 Å². The third kappa shape index (κ3) is 9.31. The average molecular weight is 767 g/mol. The van der Waals surface area contributed by atoms with Crippen molar-refractivity contribution < 1.29 is 60.4 Å². The normalized spacial score (nSPS) is 24.4. The third-order valence-electron chi connectivity index (χ3n) is 7.85. The first-order valence-electron chi connectivity index (χ1n) is 15.5. The molecule has 20 heteroatoms. The van der Waals surface area contributed by atoms with Gasteiger partial charge in [-0.3, -0.25) is 23.2 Å². The summed E-state index contributed by atoms with van der Waals surface area (Å²) >= 11 is 6.31. The molecule has 2 fully saturated rings. The molecule has 4 atom stereocenters. The monoisotopic (exact) mass is 766 g/mol. The van der Waals surface area contributed by atoms with E-state index >= 15 is 0 Å². The Hall–Kier alpha value is -2.88. The molecule has 0 aromatic carbocycles. The fourth-order valence-corrected chi connectivity index (χ4v) is 9.41. The zero-order valence-electron chi connectivity index (χ0n) is 28.3. The lowest BCUT2D eigenvalue weighted by atomic mass is 9.90. The van der Waals surface area contributed by atoms with Crippen molar-refractivity contribution >= 4 is 57.7 Å². The molecule has 50 heavy (non-hydrogen) atoms. The number of nitrogens with zero attached hydrogens (tertiary/aromatic N) is 3. The summed E-state index contributed by atoms with van der Waals surface area (Å²) < 4.78 is 81.1. The van der Waals surface area contributed by atoms with Crippen LogP contribution in [-0.4, -0.2) is 95.5 Å². The summed E-state index contributed by atoms with van der Waals surface area (Å²) in [6.07, 6.45) is -5.49. The van der Waals surface area contributed by atoms with Gasteiger partial charge in [0, 0.05) is 17.6 Å². The van der Waals surface area contributed by atoms with Gasteiger partial charge in [-0.2, -0.15) is 5.26 Å². The molecule has 1 aliphatic carbocycles. The number of nitriles is 1. The molecule has 3 N–H and O–H groups in total. The average Bonchev–Trinajstić information content (AvgIpc) is 3.50. The highest BCUT2D eigenvalue weighted by molar-refractivity contribution is 7.97. The van der Waals surface area contributed by atoms with E-state index in [9.17, 15) is 42.4 Å². The number of esters is 2. The number of aliphatic hydroxyl groups excluding tert-OH is 2. The molecule has 3 heterocycles. The number of rotatable bonds is 13. The second-order valence-corrected chi connectivity index (χ2v) is 19.1. The van der Waals surface area contributed by atoms with Crippen LogP contribution < -0.4 is 5.32 Å². The van der Waals surface area contributed by atoms with Gasteiger partial charge in [-0.25, -0.2) is 17.8 Å². The van der Waals surface area contributed by atoms with E-state index in [-0.39, 0.29) is 35.2 Å². The predicted octanol–water partition coefficient (Wildman–Crippen LogP) is 3.79. The minimum atomic E-state index is -4.71. The summed E-state index contributed by atoms with van der Waals surface area (Å²) in [5, 5.41) is 34.8.